The minimum Gasteiger partial charge on any atom is -0.462 e. The van der Waals surface area contributed by atoms with Crippen molar-refractivity contribution in [2.45, 2.75) is 25.5 Å². The van der Waals surface area contributed by atoms with E-state index in [1.807, 2.05) is 0 Å². The number of hydrogen-bond donors (Lipinski definition) is 1. The van der Waals surface area contributed by atoms with Crippen LogP contribution in [0.5, 0.6) is 0 Å². The highest BCUT2D eigenvalue weighted by Crippen LogP contribution is 2.26. The number of esters is 1. The molecule has 1 aromatic rings. The number of carbonyl (C=O) groups excluding carboxylic acids is 1. The average molecular weight is 285 g/mol. The number of methoxy groups -OCH3 is 1. The van der Waals surface area contributed by atoms with Gasteiger partial charge in [-0.25, -0.2) is 9.78 Å². The Labute approximate surface area is 116 Å². The van der Waals surface area contributed by atoms with Crippen molar-refractivity contribution in [3.8, 4) is 0 Å². The van der Waals surface area contributed by atoms with Crippen LogP contribution < -0.4 is 10.6 Å². The SMILES string of the molecule is CCOC(=O)c1cnc(N2CCC(N)C(OC)C2)s1. The molecule has 19 heavy (non-hydrogen) atoms. The van der Waals surface area contributed by atoms with Crippen molar-refractivity contribution in [2.75, 3.05) is 31.7 Å². The zero-order chi connectivity index (χ0) is 13.8. The summed E-state index contributed by atoms with van der Waals surface area (Å²) in [5, 5.41) is 0.817. The van der Waals surface area contributed by atoms with Gasteiger partial charge in [-0.05, 0) is 13.3 Å². The second kappa shape index (κ2) is 6.31. The number of nitrogens with two attached hydrogens (primary N) is 1. The highest BCUT2D eigenvalue weighted by Gasteiger charge is 2.28. The van der Waals surface area contributed by atoms with Crippen LogP contribution in [0.1, 0.15) is 23.0 Å². The number of hydrogen-bond acceptors (Lipinski definition) is 7. The Bertz CT molecular complexity index is 438. The summed E-state index contributed by atoms with van der Waals surface area (Å²) >= 11 is 1.35. The molecular weight excluding hydrogens is 266 g/mol. The fourth-order valence-electron chi connectivity index (χ4n) is 2.07. The monoisotopic (exact) mass is 285 g/mol. The van der Waals surface area contributed by atoms with Crippen LogP contribution in [0.3, 0.4) is 0 Å². The lowest BCUT2D eigenvalue weighted by Gasteiger charge is -2.35. The number of carbonyl (C=O) groups is 1. The van der Waals surface area contributed by atoms with Crippen molar-refractivity contribution >= 4 is 22.4 Å². The van der Waals surface area contributed by atoms with E-state index in [0.717, 1.165) is 18.1 Å². The standard InChI is InChI=1S/C12H19N3O3S/c1-3-18-11(16)10-6-14-12(19-10)15-5-4-8(13)9(7-15)17-2/h6,8-9H,3-5,7,13H2,1-2H3. The summed E-state index contributed by atoms with van der Waals surface area (Å²) in [6.07, 6.45) is 2.42. The largest absolute Gasteiger partial charge is 0.462 e. The number of rotatable bonds is 4. The van der Waals surface area contributed by atoms with E-state index < -0.39 is 0 Å². The summed E-state index contributed by atoms with van der Waals surface area (Å²) in [5.74, 6) is -0.316. The minimum absolute atomic E-state index is 0.00342. The topological polar surface area (TPSA) is 77.7 Å². The van der Waals surface area contributed by atoms with E-state index in [-0.39, 0.29) is 18.1 Å². The van der Waals surface area contributed by atoms with Crippen LogP contribution in [0, 0.1) is 0 Å². The number of nitrogens with zero attached hydrogens (tertiary/aromatic N) is 2. The molecule has 1 aliphatic rings. The van der Waals surface area contributed by atoms with E-state index in [1.54, 1.807) is 20.2 Å². The van der Waals surface area contributed by atoms with Crippen LogP contribution in [0.15, 0.2) is 6.20 Å². The maximum absolute atomic E-state index is 11.6. The molecular formula is C12H19N3O3S. The number of thiazole rings is 1. The second-order valence-electron chi connectivity index (χ2n) is 4.40. The molecule has 0 saturated carbocycles. The van der Waals surface area contributed by atoms with Crippen molar-refractivity contribution < 1.29 is 14.3 Å². The smallest absolute Gasteiger partial charge is 0.350 e. The first-order chi connectivity index (χ1) is 9.15. The molecule has 0 radical (unpaired) electrons. The van der Waals surface area contributed by atoms with Gasteiger partial charge in [0, 0.05) is 26.2 Å². The maximum atomic E-state index is 11.6. The van der Waals surface area contributed by atoms with Gasteiger partial charge in [-0.1, -0.05) is 11.3 Å². The third-order valence-electron chi connectivity index (χ3n) is 3.15. The molecule has 2 heterocycles. The Morgan fingerprint density at radius 1 is 1.68 bits per heavy atom. The van der Waals surface area contributed by atoms with Crippen LogP contribution in [0.25, 0.3) is 0 Å². The van der Waals surface area contributed by atoms with E-state index in [4.69, 9.17) is 15.2 Å². The van der Waals surface area contributed by atoms with E-state index in [2.05, 4.69) is 9.88 Å². The molecule has 2 atom stereocenters. The molecule has 0 aliphatic carbocycles. The molecule has 2 rings (SSSR count). The summed E-state index contributed by atoms with van der Waals surface area (Å²) in [6.45, 7) is 3.69. The average Bonchev–Trinajstić information content (AvgIpc) is 2.89. The molecule has 7 heteroatoms. The van der Waals surface area contributed by atoms with Crippen molar-refractivity contribution in [3.05, 3.63) is 11.1 Å². The van der Waals surface area contributed by atoms with Gasteiger partial charge in [0.25, 0.3) is 0 Å². The molecule has 0 bridgehead atoms. The summed E-state index contributed by atoms with van der Waals surface area (Å²) in [5.41, 5.74) is 5.98. The first-order valence-corrected chi connectivity index (χ1v) is 7.13. The molecule has 1 aromatic heterocycles. The Morgan fingerprint density at radius 2 is 2.47 bits per heavy atom. The number of aromatic nitrogens is 1. The van der Waals surface area contributed by atoms with Crippen molar-refractivity contribution in [1.82, 2.24) is 4.98 Å². The lowest BCUT2D eigenvalue weighted by atomic mass is 10.0. The molecule has 1 saturated heterocycles. The van der Waals surface area contributed by atoms with Gasteiger partial charge in [0.05, 0.1) is 18.9 Å². The van der Waals surface area contributed by atoms with Crippen molar-refractivity contribution in [1.29, 1.82) is 0 Å². The molecule has 2 N–H and O–H groups in total. The van der Waals surface area contributed by atoms with E-state index >= 15 is 0 Å². The van der Waals surface area contributed by atoms with Crippen LogP contribution in [0.2, 0.25) is 0 Å². The van der Waals surface area contributed by atoms with Gasteiger partial charge in [-0.15, -0.1) is 0 Å². The van der Waals surface area contributed by atoms with Gasteiger partial charge in [0.15, 0.2) is 5.13 Å². The molecule has 0 spiro atoms. The van der Waals surface area contributed by atoms with Gasteiger partial charge in [0.1, 0.15) is 4.88 Å². The molecule has 0 amide bonds. The highest BCUT2D eigenvalue weighted by atomic mass is 32.1. The second-order valence-corrected chi connectivity index (χ2v) is 5.41. The first-order valence-electron chi connectivity index (χ1n) is 6.32. The van der Waals surface area contributed by atoms with Crippen LogP contribution in [-0.4, -0.2) is 49.9 Å². The fourth-order valence-corrected chi connectivity index (χ4v) is 2.91. The van der Waals surface area contributed by atoms with Crippen LogP contribution in [0.4, 0.5) is 5.13 Å². The minimum atomic E-state index is -0.316. The Hall–Kier alpha value is -1.18. The number of ether oxygens (including phenoxy) is 2. The van der Waals surface area contributed by atoms with Gasteiger partial charge in [-0.2, -0.15) is 0 Å². The summed E-state index contributed by atoms with van der Waals surface area (Å²) in [7, 11) is 1.67. The normalized spacial score (nSPS) is 23.4. The fraction of sp³-hybridized carbons (Fsp3) is 0.667. The van der Waals surface area contributed by atoms with Gasteiger partial charge >= 0.3 is 5.97 Å². The molecule has 1 fully saturated rings. The van der Waals surface area contributed by atoms with Crippen LogP contribution in [-0.2, 0) is 9.47 Å². The molecule has 0 aromatic carbocycles. The Balaban J connectivity index is 2.04. The predicted molar refractivity (Wildman–Crippen MR) is 73.7 cm³/mol. The van der Waals surface area contributed by atoms with Crippen molar-refractivity contribution in [2.24, 2.45) is 5.73 Å². The number of piperidine rings is 1. The van der Waals surface area contributed by atoms with Gasteiger partial charge < -0.3 is 20.1 Å². The number of anilines is 1. The highest BCUT2D eigenvalue weighted by molar-refractivity contribution is 7.17. The van der Waals surface area contributed by atoms with E-state index in [0.29, 0.717) is 18.0 Å². The summed E-state index contributed by atoms with van der Waals surface area (Å²) in [4.78, 5) is 18.5. The van der Waals surface area contributed by atoms with E-state index in [1.165, 1.54) is 11.3 Å². The zero-order valence-electron chi connectivity index (χ0n) is 11.2. The quantitative estimate of drug-likeness (QED) is 0.827. The Kier molecular flexibility index (Phi) is 4.73. The molecule has 106 valence electrons. The van der Waals surface area contributed by atoms with Crippen molar-refractivity contribution in [3.63, 3.8) is 0 Å². The Morgan fingerprint density at radius 3 is 3.16 bits per heavy atom. The molecule has 2 unspecified atom stereocenters. The third kappa shape index (κ3) is 3.23. The third-order valence-corrected chi connectivity index (χ3v) is 4.19. The van der Waals surface area contributed by atoms with Gasteiger partial charge in [-0.3, -0.25) is 0 Å². The van der Waals surface area contributed by atoms with E-state index in [9.17, 15) is 4.79 Å². The molecule has 1 aliphatic heterocycles. The first kappa shape index (κ1) is 14.2. The molecule has 6 nitrogen and oxygen atoms in total. The van der Waals surface area contributed by atoms with Gasteiger partial charge in [0.2, 0.25) is 0 Å². The zero-order valence-corrected chi connectivity index (χ0v) is 12.0. The van der Waals surface area contributed by atoms with Crippen LogP contribution >= 0.6 is 11.3 Å². The summed E-state index contributed by atoms with van der Waals surface area (Å²) in [6, 6.07) is 0.0609. The lowest BCUT2D eigenvalue weighted by molar-refractivity contribution is 0.0532. The summed E-state index contributed by atoms with van der Waals surface area (Å²) < 4.78 is 10.3. The predicted octanol–water partition coefficient (Wildman–Crippen LogP) is 0.872. The maximum Gasteiger partial charge on any atom is 0.350 e. The lowest BCUT2D eigenvalue weighted by Crippen LogP contribution is -2.51.